The van der Waals surface area contributed by atoms with Gasteiger partial charge in [-0.1, -0.05) is 48.0 Å². The lowest BCUT2D eigenvalue weighted by atomic mass is 9.78. The average Bonchev–Trinajstić information content (AvgIpc) is 2.97. The minimum Gasteiger partial charge on any atom is -0.508 e. The molecule has 0 bridgehead atoms. The maximum atomic E-state index is 13.5. The van der Waals surface area contributed by atoms with Crippen LogP contribution in [0.25, 0.3) is 11.1 Å². The van der Waals surface area contributed by atoms with Crippen molar-refractivity contribution in [2.24, 2.45) is 5.92 Å². The molecule has 1 aliphatic rings. The largest absolute Gasteiger partial charge is 0.508 e. The molecule has 3 aromatic carbocycles. The molecule has 7 nitrogen and oxygen atoms in total. The third-order valence-corrected chi connectivity index (χ3v) is 7.43. The van der Waals surface area contributed by atoms with Crippen molar-refractivity contribution in [3.05, 3.63) is 113 Å². The van der Waals surface area contributed by atoms with Crippen LogP contribution in [0.4, 0.5) is 5.69 Å². The number of aromatic nitrogens is 1. The van der Waals surface area contributed by atoms with Crippen molar-refractivity contribution in [2.75, 3.05) is 11.5 Å². The van der Waals surface area contributed by atoms with Crippen molar-refractivity contribution in [1.82, 2.24) is 4.98 Å². The number of rotatable bonds is 9. The van der Waals surface area contributed by atoms with E-state index in [1.807, 2.05) is 36.4 Å². The lowest BCUT2D eigenvalue weighted by molar-refractivity contribution is -0.131. The number of aliphatic hydroxyl groups excluding tert-OH is 1. The standard InChI is InChI=1S/C32H29ClN2O5/c1-2-40-32(39)24-17-23(18-34-19-24)20-5-11-26(12-6-20)35-30(22-7-13-27(36)14-8-22)28(31(35)38)15-16-29(37)21-3-9-25(33)10-4-21/h3-14,17-19,28-30,36-37H,2,15-16H2,1H3/t28-,29+,30-/m1/s1. The first-order valence-electron chi connectivity index (χ1n) is 13.1. The van der Waals surface area contributed by atoms with E-state index < -0.39 is 12.1 Å². The molecule has 2 heterocycles. The van der Waals surface area contributed by atoms with Gasteiger partial charge in [-0.3, -0.25) is 9.78 Å². The van der Waals surface area contributed by atoms with Crippen LogP contribution in [0, 0.1) is 5.92 Å². The highest BCUT2D eigenvalue weighted by molar-refractivity contribution is 6.30. The van der Waals surface area contributed by atoms with Gasteiger partial charge in [-0.05, 0) is 78.9 Å². The molecule has 0 aliphatic carbocycles. The molecule has 40 heavy (non-hydrogen) atoms. The minimum absolute atomic E-state index is 0.0277. The third-order valence-electron chi connectivity index (χ3n) is 7.18. The molecule has 8 heteroatoms. The second-order valence-electron chi connectivity index (χ2n) is 9.73. The summed E-state index contributed by atoms with van der Waals surface area (Å²) in [6.45, 7) is 2.04. The van der Waals surface area contributed by atoms with E-state index in [2.05, 4.69) is 4.98 Å². The molecule has 1 fully saturated rings. The van der Waals surface area contributed by atoms with Crippen molar-refractivity contribution in [3.8, 4) is 16.9 Å². The fraction of sp³-hybridized carbons (Fsp3) is 0.219. The second-order valence-corrected chi connectivity index (χ2v) is 10.2. The molecule has 0 spiro atoms. The molecule has 3 atom stereocenters. The van der Waals surface area contributed by atoms with Gasteiger partial charge in [0.05, 0.1) is 30.2 Å². The van der Waals surface area contributed by atoms with Crippen LogP contribution in [0.15, 0.2) is 91.3 Å². The number of carbonyl (C=O) groups is 2. The number of hydrogen-bond acceptors (Lipinski definition) is 6. The molecule has 0 saturated carbocycles. The molecule has 5 rings (SSSR count). The smallest absolute Gasteiger partial charge is 0.339 e. The van der Waals surface area contributed by atoms with E-state index in [1.165, 1.54) is 6.20 Å². The van der Waals surface area contributed by atoms with E-state index in [-0.39, 0.29) is 30.2 Å². The quantitative estimate of drug-likeness (QED) is 0.180. The summed E-state index contributed by atoms with van der Waals surface area (Å²) in [5.74, 6) is -0.626. The van der Waals surface area contributed by atoms with Gasteiger partial charge in [0.1, 0.15) is 5.75 Å². The number of benzene rings is 3. The van der Waals surface area contributed by atoms with Crippen LogP contribution in [0.5, 0.6) is 5.75 Å². The van der Waals surface area contributed by atoms with E-state index >= 15 is 0 Å². The summed E-state index contributed by atoms with van der Waals surface area (Å²) in [4.78, 5) is 31.5. The van der Waals surface area contributed by atoms with Crippen molar-refractivity contribution in [2.45, 2.75) is 31.9 Å². The molecule has 2 N–H and O–H groups in total. The van der Waals surface area contributed by atoms with Crippen molar-refractivity contribution >= 4 is 29.2 Å². The Hall–Kier alpha value is -4.20. The lowest BCUT2D eigenvalue weighted by Gasteiger charge is -2.48. The van der Waals surface area contributed by atoms with Crippen molar-refractivity contribution < 1.29 is 24.5 Å². The predicted molar refractivity (Wildman–Crippen MR) is 153 cm³/mol. The van der Waals surface area contributed by atoms with Gasteiger partial charge in [0.2, 0.25) is 5.91 Å². The van der Waals surface area contributed by atoms with Gasteiger partial charge in [-0.15, -0.1) is 0 Å². The number of pyridine rings is 1. The third kappa shape index (κ3) is 5.71. The van der Waals surface area contributed by atoms with Crippen molar-refractivity contribution in [3.63, 3.8) is 0 Å². The van der Waals surface area contributed by atoms with Gasteiger partial charge in [-0.25, -0.2) is 4.79 Å². The van der Waals surface area contributed by atoms with Gasteiger partial charge in [-0.2, -0.15) is 0 Å². The molecule has 1 amide bonds. The van der Waals surface area contributed by atoms with E-state index in [0.717, 1.165) is 27.9 Å². The van der Waals surface area contributed by atoms with Crippen LogP contribution < -0.4 is 4.90 Å². The molecule has 1 saturated heterocycles. The van der Waals surface area contributed by atoms with Gasteiger partial charge >= 0.3 is 5.97 Å². The van der Waals surface area contributed by atoms with Crippen LogP contribution >= 0.6 is 11.6 Å². The lowest BCUT2D eigenvalue weighted by Crippen LogP contribution is -2.55. The number of β-lactam (4-membered cyclic amide) rings is 1. The van der Waals surface area contributed by atoms with Crippen LogP contribution in [0.3, 0.4) is 0 Å². The first-order valence-corrected chi connectivity index (χ1v) is 13.5. The van der Waals surface area contributed by atoms with E-state index in [0.29, 0.717) is 23.4 Å². The Bertz CT molecular complexity index is 1490. The molecule has 1 aromatic heterocycles. The Balaban J connectivity index is 1.36. The summed E-state index contributed by atoms with van der Waals surface area (Å²) < 4.78 is 5.08. The first kappa shape index (κ1) is 27.4. The van der Waals surface area contributed by atoms with Gasteiger partial charge in [0.25, 0.3) is 0 Å². The van der Waals surface area contributed by atoms with Gasteiger partial charge in [0.15, 0.2) is 0 Å². The highest BCUT2D eigenvalue weighted by Gasteiger charge is 2.48. The van der Waals surface area contributed by atoms with Crippen molar-refractivity contribution in [1.29, 1.82) is 0 Å². The molecule has 4 aromatic rings. The number of halogens is 1. The fourth-order valence-corrected chi connectivity index (χ4v) is 5.22. The number of phenols is 1. The normalized spacial score (nSPS) is 17.3. The van der Waals surface area contributed by atoms with Gasteiger partial charge in [0, 0.05) is 28.7 Å². The Morgan fingerprint density at radius 3 is 2.38 bits per heavy atom. The fourth-order valence-electron chi connectivity index (χ4n) is 5.10. The number of ether oxygens (including phenoxy) is 1. The zero-order valence-corrected chi connectivity index (χ0v) is 22.7. The Kier molecular flexibility index (Phi) is 8.14. The van der Waals surface area contributed by atoms with E-state index in [9.17, 15) is 19.8 Å². The van der Waals surface area contributed by atoms with Crippen LogP contribution in [-0.2, 0) is 9.53 Å². The molecule has 204 valence electrons. The highest BCUT2D eigenvalue weighted by Crippen LogP contribution is 2.46. The number of esters is 1. The summed E-state index contributed by atoms with van der Waals surface area (Å²) in [7, 11) is 0. The Morgan fingerprint density at radius 2 is 1.70 bits per heavy atom. The Morgan fingerprint density at radius 1 is 1.00 bits per heavy atom. The molecule has 0 unspecified atom stereocenters. The summed E-state index contributed by atoms with van der Waals surface area (Å²) in [6.07, 6.45) is 3.35. The number of hydrogen-bond donors (Lipinski definition) is 2. The highest BCUT2D eigenvalue weighted by atomic mass is 35.5. The molecular formula is C32H29ClN2O5. The summed E-state index contributed by atoms with van der Waals surface area (Å²) in [5, 5.41) is 21.1. The zero-order chi connectivity index (χ0) is 28.2. The maximum absolute atomic E-state index is 13.5. The summed E-state index contributed by atoms with van der Waals surface area (Å²) in [5.41, 5.74) is 4.37. The zero-order valence-electron chi connectivity index (χ0n) is 21.9. The van der Waals surface area contributed by atoms with Gasteiger partial charge < -0.3 is 19.8 Å². The number of phenolic OH excluding ortho intramolecular Hbond substituents is 1. The summed E-state index contributed by atoms with van der Waals surface area (Å²) in [6, 6.07) is 22.9. The average molecular weight is 557 g/mol. The number of aromatic hydroxyl groups is 1. The Labute approximate surface area is 237 Å². The number of aliphatic hydroxyl groups is 1. The molecular weight excluding hydrogens is 528 g/mol. The SMILES string of the molecule is CCOC(=O)c1cncc(-c2ccc(N3C(=O)[C@H](CC[C@H](O)c4ccc(Cl)cc4)[C@H]3c3ccc(O)cc3)cc2)c1. The maximum Gasteiger partial charge on any atom is 0.339 e. The van der Waals surface area contributed by atoms with E-state index in [1.54, 1.807) is 60.5 Å². The van der Waals surface area contributed by atoms with E-state index in [4.69, 9.17) is 16.3 Å². The summed E-state index contributed by atoms with van der Waals surface area (Å²) >= 11 is 5.97. The van der Waals surface area contributed by atoms with Crippen LogP contribution in [0.1, 0.15) is 53.4 Å². The predicted octanol–water partition coefficient (Wildman–Crippen LogP) is 6.50. The van der Waals surface area contributed by atoms with Crippen LogP contribution in [-0.4, -0.2) is 33.7 Å². The first-order chi connectivity index (χ1) is 19.4. The van der Waals surface area contributed by atoms with Crippen LogP contribution in [0.2, 0.25) is 5.02 Å². The number of anilines is 1. The molecule has 1 aliphatic heterocycles. The minimum atomic E-state index is -0.710. The topological polar surface area (TPSA) is 100.0 Å². The number of amides is 1. The monoisotopic (exact) mass is 556 g/mol. The number of carbonyl (C=O) groups excluding carboxylic acids is 2. The number of nitrogens with zero attached hydrogens (tertiary/aromatic N) is 2. The molecule has 0 radical (unpaired) electrons. The second kappa shape index (κ2) is 11.9.